The lowest BCUT2D eigenvalue weighted by Gasteiger charge is -2.37. The van der Waals surface area contributed by atoms with Gasteiger partial charge in [-0.1, -0.05) is 0 Å². The topological polar surface area (TPSA) is 126 Å². The summed E-state index contributed by atoms with van der Waals surface area (Å²) >= 11 is 1.57. The number of ether oxygens (including phenoxy) is 1. The van der Waals surface area contributed by atoms with Crippen molar-refractivity contribution in [2.75, 3.05) is 89.1 Å². The summed E-state index contributed by atoms with van der Waals surface area (Å²) in [6.45, 7) is 17.4. The van der Waals surface area contributed by atoms with Crippen molar-refractivity contribution >= 4 is 41.7 Å². The van der Waals surface area contributed by atoms with Gasteiger partial charge >= 0.3 is 0 Å². The first kappa shape index (κ1) is 30.6. The van der Waals surface area contributed by atoms with E-state index >= 15 is 0 Å². The zero-order valence-electron chi connectivity index (χ0n) is 24.3. The van der Waals surface area contributed by atoms with Gasteiger partial charge in [-0.25, -0.2) is 4.99 Å². The molecule has 222 valence electrons. The fourth-order valence-corrected chi connectivity index (χ4v) is 5.46. The molecule has 0 aliphatic carbocycles. The smallest absolute Gasteiger partial charge is 0.221 e. The van der Waals surface area contributed by atoms with Crippen LogP contribution >= 0.6 is 11.8 Å². The number of H-pyrrole nitrogens is 1. The molecule has 13 heteroatoms. The molecule has 12 nitrogen and oxygen atoms in total. The second-order valence-corrected chi connectivity index (χ2v) is 11.0. The molecule has 2 aromatic rings. The molecular weight excluding hydrogens is 540 g/mol. The van der Waals surface area contributed by atoms with Gasteiger partial charge in [0.05, 0.1) is 13.0 Å². The molecule has 2 aliphatic rings. The van der Waals surface area contributed by atoms with Crippen LogP contribution in [0.4, 0.5) is 11.5 Å². The van der Waals surface area contributed by atoms with E-state index in [1.54, 1.807) is 18.9 Å². The SMILES string of the molecule is C=N/C(=C(OC)\C(=N/CSc1ccc(NC(C)=O)cc1)Nc1cc(C)[nH]n1)N1CCN(CCN2CCNCC2)CC1. The van der Waals surface area contributed by atoms with Crippen molar-refractivity contribution in [2.24, 2.45) is 9.98 Å². The Labute approximate surface area is 246 Å². The zero-order chi connectivity index (χ0) is 29.0. The number of anilines is 2. The molecule has 0 bridgehead atoms. The monoisotopic (exact) mass is 582 g/mol. The predicted octanol–water partition coefficient (Wildman–Crippen LogP) is 2.28. The highest BCUT2D eigenvalue weighted by Crippen LogP contribution is 2.23. The van der Waals surface area contributed by atoms with E-state index < -0.39 is 0 Å². The quantitative estimate of drug-likeness (QED) is 0.129. The van der Waals surface area contributed by atoms with E-state index in [9.17, 15) is 4.79 Å². The minimum Gasteiger partial charge on any atom is -0.490 e. The third kappa shape index (κ3) is 9.32. The van der Waals surface area contributed by atoms with Crippen LogP contribution in [0.1, 0.15) is 12.6 Å². The van der Waals surface area contributed by atoms with Crippen molar-refractivity contribution in [1.29, 1.82) is 0 Å². The Balaban J connectivity index is 1.44. The van der Waals surface area contributed by atoms with Gasteiger partial charge in [-0.05, 0) is 37.9 Å². The Kier molecular flexibility index (Phi) is 11.6. The molecule has 1 aromatic heterocycles. The Morgan fingerprint density at radius 2 is 1.76 bits per heavy atom. The van der Waals surface area contributed by atoms with Gasteiger partial charge in [0.15, 0.2) is 17.5 Å². The fraction of sp³-hybridized carbons (Fsp3) is 0.500. The molecule has 4 N–H and O–H groups in total. The molecule has 2 aliphatic heterocycles. The molecule has 2 fully saturated rings. The minimum absolute atomic E-state index is 0.0959. The molecule has 0 spiro atoms. The number of aromatic nitrogens is 2. The number of rotatable bonds is 12. The van der Waals surface area contributed by atoms with Gasteiger partial charge < -0.3 is 25.6 Å². The summed E-state index contributed by atoms with van der Waals surface area (Å²) < 4.78 is 5.90. The number of hydrogen-bond donors (Lipinski definition) is 4. The van der Waals surface area contributed by atoms with Crippen molar-refractivity contribution < 1.29 is 9.53 Å². The van der Waals surface area contributed by atoms with Gasteiger partial charge in [0.25, 0.3) is 0 Å². The first-order chi connectivity index (χ1) is 19.9. The molecule has 0 unspecified atom stereocenters. The Morgan fingerprint density at radius 3 is 2.34 bits per heavy atom. The summed E-state index contributed by atoms with van der Waals surface area (Å²) in [5.41, 5.74) is 1.69. The highest BCUT2D eigenvalue weighted by molar-refractivity contribution is 7.99. The van der Waals surface area contributed by atoms with E-state index in [1.165, 1.54) is 6.92 Å². The average Bonchev–Trinajstić information content (AvgIpc) is 3.40. The van der Waals surface area contributed by atoms with E-state index in [0.717, 1.165) is 81.7 Å². The van der Waals surface area contributed by atoms with Crippen LogP contribution in [0.15, 0.2) is 56.8 Å². The lowest BCUT2D eigenvalue weighted by Crippen LogP contribution is -2.50. The van der Waals surface area contributed by atoms with Crippen LogP contribution in [0.3, 0.4) is 0 Å². The van der Waals surface area contributed by atoms with Crippen molar-refractivity contribution in [3.63, 3.8) is 0 Å². The third-order valence-corrected chi connectivity index (χ3v) is 7.83. The molecule has 2 saturated heterocycles. The molecule has 3 heterocycles. The fourth-order valence-electron chi connectivity index (χ4n) is 4.79. The van der Waals surface area contributed by atoms with Crippen LogP contribution in [-0.2, 0) is 9.53 Å². The number of hydrogen-bond acceptors (Lipinski definition) is 10. The van der Waals surface area contributed by atoms with Gasteiger partial charge in [-0.3, -0.25) is 24.7 Å². The average molecular weight is 583 g/mol. The van der Waals surface area contributed by atoms with Crippen molar-refractivity contribution in [1.82, 2.24) is 30.2 Å². The number of aliphatic imine (C=N–C) groups is 2. The zero-order valence-corrected chi connectivity index (χ0v) is 25.1. The number of carbonyl (C=O) groups excluding carboxylic acids is 1. The van der Waals surface area contributed by atoms with E-state index in [2.05, 4.69) is 52.6 Å². The van der Waals surface area contributed by atoms with Crippen molar-refractivity contribution in [3.8, 4) is 0 Å². The van der Waals surface area contributed by atoms with Crippen LogP contribution in [0.2, 0.25) is 0 Å². The number of amidine groups is 1. The van der Waals surface area contributed by atoms with Gasteiger partial charge in [0.2, 0.25) is 11.7 Å². The van der Waals surface area contributed by atoms with Crippen LogP contribution < -0.4 is 16.0 Å². The highest BCUT2D eigenvalue weighted by Gasteiger charge is 2.25. The second-order valence-electron chi connectivity index (χ2n) is 9.98. The molecule has 41 heavy (non-hydrogen) atoms. The molecule has 1 aromatic carbocycles. The first-order valence-electron chi connectivity index (χ1n) is 13.9. The van der Waals surface area contributed by atoms with E-state index in [4.69, 9.17) is 9.73 Å². The van der Waals surface area contributed by atoms with E-state index in [0.29, 0.717) is 29.1 Å². The molecule has 0 radical (unpaired) electrons. The number of aryl methyl sites for hydroxylation is 1. The molecule has 0 atom stereocenters. The summed E-state index contributed by atoms with van der Waals surface area (Å²) in [5, 5.41) is 16.8. The summed E-state index contributed by atoms with van der Waals surface area (Å²) in [7, 11) is 1.63. The lowest BCUT2D eigenvalue weighted by atomic mass is 10.2. The van der Waals surface area contributed by atoms with Gasteiger partial charge in [-0.15, -0.1) is 11.8 Å². The number of methoxy groups -OCH3 is 1. The number of carbonyl (C=O) groups is 1. The normalized spacial score (nSPS) is 17.6. The largest absolute Gasteiger partial charge is 0.490 e. The lowest BCUT2D eigenvalue weighted by molar-refractivity contribution is -0.114. The summed E-state index contributed by atoms with van der Waals surface area (Å²) in [4.78, 5) is 28.8. The maximum atomic E-state index is 11.3. The van der Waals surface area contributed by atoms with Crippen LogP contribution in [-0.4, -0.2) is 122 Å². The third-order valence-electron chi connectivity index (χ3n) is 6.97. The molecule has 4 rings (SSSR count). The Hall–Kier alpha value is -3.39. The predicted molar refractivity (Wildman–Crippen MR) is 167 cm³/mol. The number of aromatic amines is 1. The first-order valence-corrected chi connectivity index (χ1v) is 14.9. The van der Waals surface area contributed by atoms with Gasteiger partial charge in [-0.2, -0.15) is 5.10 Å². The Morgan fingerprint density at radius 1 is 1.07 bits per heavy atom. The van der Waals surface area contributed by atoms with E-state index in [1.807, 2.05) is 37.3 Å². The maximum Gasteiger partial charge on any atom is 0.221 e. The highest BCUT2D eigenvalue weighted by atomic mass is 32.2. The van der Waals surface area contributed by atoms with Crippen LogP contribution in [0.25, 0.3) is 0 Å². The van der Waals surface area contributed by atoms with Gasteiger partial charge in [0, 0.05) is 94.7 Å². The number of amides is 1. The Bertz CT molecular complexity index is 1200. The second kappa shape index (κ2) is 15.6. The van der Waals surface area contributed by atoms with E-state index in [-0.39, 0.29) is 5.91 Å². The molecular formula is C28H42N10O2S. The maximum absolute atomic E-state index is 11.3. The molecule has 1 amide bonds. The summed E-state index contributed by atoms with van der Waals surface area (Å²) in [6.07, 6.45) is 0. The van der Waals surface area contributed by atoms with Crippen LogP contribution in [0, 0.1) is 6.92 Å². The minimum atomic E-state index is -0.0959. The number of benzene rings is 1. The number of thioether (sulfide) groups is 1. The van der Waals surface area contributed by atoms with Crippen LogP contribution in [0.5, 0.6) is 0 Å². The van der Waals surface area contributed by atoms with Crippen molar-refractivity contribution in [3.05, 3.63) is 47.6 Å². The molecule has 0 saturated carbocycles. The number of piperazine rings is 2. The number of nitrogens with zero attached hydrogens (tertiary/aromatic N) is 6. The standard InChI is InChI=1S/C28H42N10O2S/c1-21-19-25(35-34-21)33-27(31-20-41-24-7-5-23(6-8-24)32-22(2)39)26(40-4)28(29-3)38-17-15-37(16-18-38)14-13-36-11-9-30-10-12-36/h5-8,19,30H,3,9-18,20H2,1-2,4H3,(H,32,39)(H2,31,33,34,35)/b28-26-. The summed E-state index contributed by atoms with van der Waals surface area (Å²) in [6, 6.07) is 9.59. The van der Waals surface area contributed by atoms with Crippen molar-refractivity contribution in [2.45, 2.75) is 18.7 Å². The summed E-state index contributed by atoms with van der Waals surface area (Å²) in [5.74, 6) is 2.70. The number of nitrogens with one attached hydrogen (secondary N) is 4. The van der Waals surface area contributed by atoms with Gasteiger partial charge in [0.1, 0.15) is 0 Å².